The fourth-order valence-electron chi connectivity index (χ4n) is 2.32. The van der Waals surface area contributed by atoms with Crippen LogP contribution < -0.4 is 11.1 Å². The largest absolute Gasteiger partial charge is 0.460 e. The number of nitrogens with two attached hydrogens (primary N) is 1. The fraction of sp³-hybridized carbons (Fsp3) is 0.263. The van der Waals surface area contributed by atoms with Crippen LogP contribution in [0.15, 0.2) is 52.8 Å². The molecule has 2 heterocycles. The highest BCUT2D eigenvalue weighted by molar-refractivity contribution is 6.31. The summed E-state index contributed by atoms with van der Waals surface area (Å²) in [6, 6.07) is 4.94. The monoisotopic (exact) mass is 403 g/mol. The maximum Gasteiger partial charge on any atom is 0.377 e. The van der Waals surface area contributed by atoms with Gasteiger partial charge in [-0.15, -0.1) is 0 Å². The van der Waals surface area contributed by atoms with E-state index in [0.717, 1.165) is 0 Å². The number of carbonyl (C=O) groups excluding carboxylic acids is 1. The molecular formula is C19H22ClN5O3. The van der Waals surface area contributed by atoms with E-state index < -0.39 is 11.5 Å². The lowest BCUT2D eigenvalue weighted by atomic mass is 10.0. The van der Waals surface area contributed by atoms with Gasteiger partial charge >= 0.3 is 5.97 Å². The van der Waals surface area contributed by atoms with E-state index >= 15 is 0 Å². The summed E-state index contributed by atoms with van der Waals surface area (Å²) in [5.74, 6) is -0.454. The molecule has 2 rings (SSSR count). The second-order valence-corrected chi connectivity index (χ2v) is 6.54. The molecule has 148 valence electrons. The summed E-state index contributed by atoms with van der Waals surface area (Å²) < 4.78 is 9.86. The number of halogens is 1. The predicted molar refractivity (Wildman–Crippen MR) is 108 cm³/mol. The normalized spacial score (nSPS) is 12.6. The SMILES string of the molecule is C=C/C(=C\NC(N)=NC(C)(C)c1ncccc1Cl)c1cc(C(=O)OCC)on1. The maximum atomic E-state index is 11.7. The van der Waals surface area contributed by atoms with Crippen molar-refractivity contribution in [1.82, 2.24) is 15.5 Å². The van der Waals surface area contributed by atoms with E-state index in [-0.39, 0.29) is 18.3 Å². The van der Waals surface area contributed by atoms with Crippen LogP contribution in [0.3, 0.4) is 0 Å². The molecule has 0 amide bonds. The molecule has 0 aliphatic heterocycles. The van der Waals surface area contributed by atoms with Crippen LogP contribution in [-0.4, -0.2) is 28.7 Å². The van der Waals surface area contributed by atoms with E-state index in [4.69, 9.17) is 26.6 Å². The van der Waals surface area contributed by atoms with Gasteiger partial charge in [0.1, 0.15) is 11.2 Å². The van der Waals surface area contributed by atoms with Crippen LogP contribution in [0.2, 0.25) is 5.02 Å². The van der Waals surface area contributed by atoms with Crippen molar-refractivity contribution in [3.63, 3.8) is 0 Å². The van der Waals surface area contributed by atoms with Gasteiger partial charge in [-0.2, -0.15) is 0 Å². The molecule has 0 saturated heterocycles. The van der Waals surface area contributed by atoms with Crippen LogP contribution in [0.1, 0.15) is 42.7 Å². The molecule has 0 aliphatic rings. The van der Waals surface area contributed by atoms with Gasteiger partial charge < -0.3 is 20.3 Å². The lowest BCUT2D eigenvalue weighted by molar-refractivity contribution is 0.0479. The molecule has 0 aromatic carbocycles. The molecule has 28 heavy (non-hydrogen) atoms. The van der Waals surface area contributed by atoms with Crippen LogP contribution in [0.4, 0.5) is 0 Å². The Morgan fingerprint density at radius 2 is 2.29 bits per heavy atom. The van der Waals surface area contributed by atoms with Crippen molar-refractivity contribution in [2.24, 2.45) is 10.7 Å². The number of guanidine groups is 1. The van der Waals surface area contributed by atoms with Gasteiger partial charge in [0.05, 0.1) is 17.3 Å². The fourth-order valence-corrected chi connectivity index (χ4v) is 2.67. The molecule has 0 radical (unpaired) electrons. The summed E-state index contributed by atoms with van der Waals surface area (Å²) in [7, 11) is 0. The average molecular weight is 404 g/mol. The Morgan fingerprint density at radius 1 is 1.54 bits per heavy atom. The number of pyridine rings is 1. The number of hydrogen-bond donors (Lipinski definition) is 2. The number of aromatic nitrogens is 2. The molecule has 0 aliphatic carbocycles. The predicted octanol–water partition coefficient (Wildman–Crippen LogP) is 3.27. The molecule has 0 saturated carbocycles. The zero-order valence-corrected chi connectivity index (χ0v) is 16.7. The second kappa shape index (κ2) is 9.18. The first-order valence-electron chi connectivity index (χ1n) is 8.48. The lowest BCUT2D eigenvalue weighted by Crippen LogP contribution is -2.32. The number of rotatable bonds is 7. The van der Waals surface area contributed by atoms with Gasteiger partial charge in [0.25, 0.3) is 0 Å². The minimum atomic E-state index is -0.747. The Labute approximate surface area is 168 Å². The van der Waals surface area contributed by atoms with Crippen LogP contribution in [0.25, 0.3) is 5.57 Å². The first kappa shape index (κ1) is 21.2. The number of nitrogens with zero attached hydrogens (tertiary/aromatic N) is 3. The quantitative estimate of drug-likeness (QED) is 0.315. The molecule has 0 fully saturated rings. The van der Waals surface area contributed by atoms with E-state index in [2.05, 4.69) is 27.0 Å². The zero-order valence-electron chi connectivity index (χ0n) is 15.9. The van der Waals surface area contributed by atoms with Gasteiger partial charge in [0.2, 0.25) is 5.76 Å². The number of nitrogens with one attached hydrogen (secondary N) is 1. The van der Waals surface area contributed by atoms with E-state index in [1.54, 1.807) is 31.5 Å². The van der Waals surface area contributed by atoms with E-state index in [9.17, 15) is 4.79 Å². The first-order chi connectivity index (χ1) is 13.3. The Balaban J connectivity index is 2.18. The Bertz CT molecular complexity index is 918. The summed E-state index contributed by atoms with van der Waals surface area (Å²) in [5.41, 5.74) is 6.79. The number of aliphatic imine (C=N–C) groups is 1. The number of allylic oxidation sites excluding steroid dienone is 2. The molecule has 0 atom stereocenters. The molecule has 2 aromatic rings. The van der Waals surface area contributed by atoms with Gasteiger partial charge in [0, 0.05) is 24.0 Å². The zero-order chi connectivity index (χ0) is 20.7. The molecule has 0 unspecified atom stereocenters. The summed E-state index contributed by atoms with van der Waals surface area (Å²) >= 11 is 6.20. The Hall–Kier alpha value is -3.13. The third-order valence-corrected chi connectivity index (χ3v) is 3.92. The standard InChI is InChI=1S/C19H22ClN5O3/c1-5-12(14-10-15(28-25-14)17(26)27-6-2)11-23-18(21)24-19(3,4)16-13(20)8-7-9-22-16/h5,7-11H,1,6H2,2-4H3,(H3,21,23,24)/b12-11+. The van der Waals surface area contributed by atoms with Crippen LogP contribution in [0, 0.1) is 0 Å². The number of carbonyl (C=O) groups is 1. The van der Waals surface area contributed by atoms with Crippen LogP contribution in [0.5, 0.6) is 0 Å². The summed E-state index contributed by atoms with van der Waals surface area (Å²) in [4.78, 5) is 20.4. The van der Waals surface area contributed by atoms with Crippen molar-refractivity contribution in [2.75, 3.05) is 6.61 Å². The van der Waals surface area contributed by atoms with Crippen molar-refractivity contribution in [3.05, 3.63) is 65.4 Å². The van der Waals surface area contributed by atoms with E-state index in [1.807, 2.05) is 13.8 Å². The van der Waals surface area contributed by atoms with Gasteiger partial charge in [-0.05, 0) is 32.9 Å². The summed E-state index contributed by atoms with van der Waals surface area (Å²) in [6.07, 6.45) is 4.73. The maximum absolute atomic E-state index is 11.7. The van der Waals surface area contributed by atoms with Crippen LogP contribution in [-0.2, 0) is 10.3 Å². The van der Waals surface area contributed by atoms with Gasteiger partial charge in [-0.1, -0.05) is 29.4 Å². The molecule has 9 heteroatoms. The Morgan fingerprint density at radius 3 is 2.93 bits per heavy atom. The first-order valence-corrected chi connectivity index (χ1v) is 8.86. The van der Waals surface area contributed by atoms with Gasteiger partial charge in [0.15, 0.2) is 5.96 Å². The summed E-state index contributed by atoms with van der Waals surface area (Å²) in [6.45, 7) is 9.36. The highest BCUT2D eigenvalue weighted by Crippen LogP contribution is 2.28. The summed E-state index contributed by atoms with van der Waals surface area (Å²) in [5, 5.41) is 7.21. The van der Waals surface area contributed by atoms with Gasteiger partial charge in [-0.25, -0.2) is 9.79 Å². The number of hydrogen-bond acceptors (Lipinski definition) is 6. The third kappa shape index (κ3) is 5.20. The van der Waals surface area contributed by atoms with E-state index in [0.29, 0.717) is 22.0 Å². The molecule has 0 bridgehead atoms. The second-order valence-electron chi connectivity index (χ2n) is 6.13. The topological polar surface area (TPSA) is 116 Å². The van der Waals surface area contributed by atoms with Crippen LogP contribution >= 0.6 is 11.6 Å². The number of esters is 1. The molecular weight excluding hydrogens is 382 g/mol. The average Bonchev–Trinajstić information content (AvgIpc) is 3.12. The lowest BCUT2D eigenvalue weighted by Gasteiger charge is -2.21. The van der Waals surface area contributed by atoms with Crippen molar-refractivity contribution in [3.8, 4) is 0 Å². The van der Waals surface area contributed by atoms with Gasteiger partial charge in [-0.3, -0.25) is 4.98 Å². The van der Waals surface area contributed by atoms with Crippen molar-refractivity contribution in [2.45, 2.75) is 26.3 Å². The third-order valence-electron chi connectivity index (χ3n) is 3.62. The smallest absolute Gasteiger partial charge is 0.377 e. The molecule has 8 nitrogen and oxygen atoms in total. The highest BCUT2D eigenvalue weighted by atomic mass is 35.5. The van der Waals surface area contributed by atoms with E-state index in [1.165, 1.54) is 12.1 Å². The van der Waals surface area contributed by atoms with Crippen molar-refractivity contribution in [1.29, 1.82) is 0 Å². The highest BCUT2D eigenvalue weighted by Gasteiger charge is 2.24. The Kier molecular flexibility index (Phi) is 6.94. The minimum Gasteiger partial charge on any atom is -0.460 e. The molecule has 0 spiro atoms. The van der Waals surface area contributed by atoms with Crippen molar-refractivity contribution >= 4 is 29.1 Å². The molecule has 3 N–H and O–H groups in total. The molecule has 2 aromatic heterocycles. The minimum absolute atomic E-state index is 0.00262. The number of ether oxygens (including phenoxy) is 1. The van der Waals surface area contributed by atoms with Crippen molar-refractivity contribution < 1.29 is 14.1 Å².